The third-order valence-electron chi connectivity index (χ3n) is 4.74. The molecule has 0 spiro atoms. The second-order valence-corrected chi connectivity index (χ2v) is 6.91. The van der Waals surface area contributed by atoms with Crippen molar-refractivity contribution in [1.82, 2.24) is 0 Å². The fourth-order valence-electron chi connectivity index (χ4n) is 3.45. The Kier molecular flexibility index (Phi) is 5.82. The lowest BCUT2D eigenvalue weighted by molar-refractivity contribution is 0.0841. The molecule has 0 radical (unpaired) electrons. The van der Waals surface area contributed by atoms with Crippen LogP contribution in [0.2, 0.25) is 0 Å². The van der Waals surface area contributed by atoms with Crippen molar-refractivity contribution in [1.29, 1.82) is 0 Å². The second kappa shape index (κ2) is 6.91. The number of rotatable bonds is 6. The van der Waals surface area contributed by atoms with E-state index >= 15 is 0 Å². The van der Waals surface area contributed by atoms with E-state index in [1.165, 1.54) is 51.4 Å². The van der Waals surface area contributed by atoms with Crippen LogP contribution in [0.4, 0.5) is 0 Å². The lowest BCUT2D eigenvalue weighted by Crippen LogP contribution is -2.34. The summed E-state index contributed by atoms with van der Waals surface area (Å²) >= 11 is 7.56. The van der Waals surface area contributed by atoms with Crippen LogP contribution in [0.5, 0.6) is 0 Å². The molecule has 1 unspecified atom stereocenters. The summed E-state index contributed by atoms with van der Waals surface area (Å²) in [6.45, 7) is 0.990. The Hall–Kier alpha value is 0.920. The largest absolute Gasteiger partial charge is 0.378 e. The van der Waals surface area contributed by atoms with E-state index in [0.717, 1.165) is 23.2 Å². The molecule has 3 heteroatoms. The van der Waals surface area contributed by atoms with Crippen LogP contribution >= 0.6 is 31.9 Å². The molecular formula is C14H24Br2O. The molecule has 0 aromatic rings. The van der Waals surface area contributed by atoms with E-state index in [0.29, 0.717) is 11.5 Å². The van der Waals surface area contributed by atoms with Gasteiger partial charge in [-0.1, -0.05) is 44.7 Å². The van der Waals surface area contributed by atoms with Gasteiger partial charge in [0.2, 0.25) is 0 Å². The molecule has 1 saturated carbocycles. The van der Waals surface area contributed by atoms with Crippen molar-refractivity contribution in [3.05, 3.63) is 0 Å². The SMILES string of the molecule is BrCC(CBr)(CCC1CCCO1)C1CCCC1. The van der Waals surface area contributed by atoms with Gasteiger partial charge in [0, 0.05) is 17.3 Å². The molecule has 1 heterocycles. The Bertz CT molecular complexity index is 216. The van der Waals surface area contributed by atoms with Crippen LogP contribution in [0.1, 0.15) is 51.4 Å². The minimum atomic E-state index is 0.475. The Balaban J connectivity index is 1.89. The molecule has 100 valence electrons. The second-order valence-electron chi connectivity index (χ2n) is 5.78. The number of hydrogen-bond acceptors (Lipinski definition) is 1. The Morgan fingerprint density at radius 3 is 2.24 bits per heavy atom. The van der Waals surface area contributed by atoms with E-state index < -0.39 is 0 Å². The highest BCUT2D eigenvalue weighted by Gasteiger charge is 2.38. The van der Waals surface area contributed by atoms with Crippen molar-refractivity contribution in [3.8, 4) is 0 Å². The first-order chi connectivity index (χ1) is 8.30. The third kappa shape index (κ3) is 3.48. The van der Waals surface area contributed by atoms with Gasteiger partial charge in [0.15, 0.2) is 0 Å². The minimum Gasteiger partial charge on any atom is -0.378 e. The van der Waals surface area contributed by atoms with Gasteiger partial charge in [0.05, 0.1) is 6.10 Å². The fourth-order valence-corrected chi connectivity index (χ4v) is 5.86. The summed E-state index contributed by atoms with van der Waals surface area (Å²) in [4.78, 5) is 0. The predicted octanol–water partition coefficient (Wildman–Crippen LogP) is 4.91. The smallest absolute Gasteiger partial charge is 0.0576 e. The molecule has 0 aromatic heterocycles. The molecule has 1 aliphatic heterocycles. The highest BCUT2D eigenvalue weighted by atomic mass is 79.9. The Labute approximate surface area is 122 Å². The van der Waals surface area contributed by atoms with Crippen molar-refractivity contribution >= 4 is 31.9 Å². The molecule has 1 nitrogen and oxygen atoms in total. The molecule has 2 aliphatic rings. The van der Waals surface area contributed by atoms with E-state index in [-0.39, 0.29) is 0 Å². The van der Waals surface area contributed by atoms with Crippen molar-refractivity contribution in [2.75, 3.05) is 17.3 Å². The van der Waals surface area contributed by atoms with Crippen LogP contribution in [0.3, 0.4) is 0 Å². The lowest BCUT2D eigenvalue weighted by atomic mass is 9.74. The summed E-state index contributed by atoms with van der Waals surface area (Å²) in [5.41, 5.74) is 0.475. The number of halogens is 2. The van der Waals surface area contributed by atoms with Gasteiger partial charge in [-0.25, -0.2) is 0 Å². The van der Waals surface area contributed by atoms with Gasteiger partial charge < -0.3 is 4.74 Å². The van der Waals surface area contributed by atoms with E-state index in [1.54, 1.807) is 0 Å². The average molecular weight is 368 g/mol. The first kappa shape index (κ1) is 14.3. The maximum atomic E-state index is 5.77. The fraction of sp³-hybridized carbons (Fsp3) is 1.00. The molecular weight excluding hydrogens is 344 g/mol. The molecule has 0 N–H and O–H groups in total. The van der Waals surface area contributed by atoms with Crippen LogP contribution in [0.25, 0.3) is 0 Å². The van der Waals surface area contributed by atoms with Crippen LogP contribution in [-0.4, -0.2) is 23.4 Å². The standard InChI is InChI=1S/C14H24Br2O/c15-10-14(11-16,12-4-1-2-5-12)8-7-13-6-3-9-17-13/h12-13H,1-11H2. The summed E-state index contributed by atoms with van der Waals surface area (Å²) in [6.07, 6.45) is 11.4. The van der Waals surface area contributed by atoms with Gasteiger partial charge in [0.1, 0.15) is 0 Å². The number of alkyl halides is 2. The minimum absolute atomic E-state index is 0.475. The molecule has 1 atom stereocenters. The first-order valence-corrected chi connectivity index (χ1v) is 9.28. The Morgan fingerprint density at radius 2 is 1.71 bits per heavy atom. The lowest BCUT2D eigenvalue weighted by Gasteiger charge is -2.37. The van der Waals surface area contributed by atoms with Gasteiger partial charge in [-0.05, 0) is 49.9 Å². The van der Waals surface area contributed by atoms with Crippen LogP contribution < -0.4 is 0 Å². The summed E-state index contributed by atoms with van der Waals surface area (Å²) in [5.74, 6) is 0.919. The topological polar surface area (TPSA) is 9.23 Å². The third-order valence-corrected chi connectivity index (χ3v) is 6.98. The van der Waals surface area contributed by atoms with Gasteiger partial charge in [0.25, 0.3) is 0 Å². The van der Waals surface area contributed by atoms with Gasteiger partial charge in [-0.3, -0.25) is 0 Å². The molecule has 2 fully saturated rings. The maximum absolute atomic E-state index is 5.77. The first-order valence-electron chi connectivity index (χ1n) is 7.04. The summed E-state index contributed by atoms with van der Waals surface area (Å²) in [5, 5.41) is 2.28. The van der Waals surface area contributed by atoms with Gasteiger partial charge in [-0.2, -0.15) is 0 Å². The highest BCUT2D eigenvalue weighted by molar-refractivity contribution is 9.09. The zero-order chi connectivity index (χ0) is 12.1. The quantitative estimate of drug-likeness (QED) is 0.606. The van der Waals surface area contributed by atoms with Crippen LogP contribution in [-0.2, 0) is 4.74 Å². The van der Waals surface area contributed by atoms with Crippen molar-refractivity contribution in [2.24, 2.45) is 11.3 Å². The van der Waals surface area contributed by atoms with Crippen LogP contribution in [0, 0.1) is 11.3 Å². The Morgan fingerprint density at radius 1 is 1.00 bits per heavy atom. The van der Waals surface area contributed by atoms with E-state index in [4.69, 9.17) is 4.74 Å². The highest BCUT2D eigenvalue weighted by Crippen LogP contribution is 2.46. The van der Waals surface area contributed by atoms with Crippen molar-refractivity contribution < 1.29 is 4.74 Å². The molecule has 2 rings (SSSR count). The molecule has 0 bridgehead atoms. The van der Waals surface area contributed by atoms with Gasteiger partial charge >= 0.3 is 0 Å². The monoisotopic (exact) mass is 366 g/mol. The van der Waals surface area contributed by atoms with Crippen molar-refractivity contribution in [3.63, 3.8) is 0 Å². The maximum Gasteiger partial charge on any atom is 0.0576 e. The zero-order valence-electron chi connectivity index (χ0n) is 10.6. The number of hydrogen-bond donors (Lipinski definition) is 0. The summed E-state index contributed by atoms with van der Waals surface area (Å²) in [7, 11) is 0. The normalized spacial score (nSPS) is 26.8. The molecule has 17 heavy (non-hydrogen) atoms. The van der Waals surface area contributed by atoms with E-state index in [9.17, 15) is 0 Å². The molecule has 1 aliphatic carbocycles. The molecule has 0 amide bonds. The predicted molar refractivity (Wildman–Crippen MR) is 80.2 cm³/mol. The summed E-state index contributed by atoms with van der Waals surface area (Å²) in [6, 6.07) is 0. The van der Waals surface area contributed by atoms with Crippen LogP contribution in [0.15, 0.2) is 0 Å². The average Bonchev–Trinajstić information content (AvgIpc) is 3.04. The van der Waals surface area contributed by atoms with Gasteiger partial charge in [-0.15, -0.1) is 0 Å². The number of ether oxygens (including phenoxy) is 1. The van der Waals surface area contributed by atoms with E-state index in [2.05, 4.69) is 31.9 Å². The van der Waals surface area contributed by atoms with E-state index in [1.807, 2.05) is 0 Å². The molecule has 1 saturated heterocycles. The zero-order valence-corrected chi connectivity index (χ0v) is 13.8. The molecule has 0 aromatic carbocycles. The summed E-state index contributed by atoms with van der Waals surface area (Å²) < 4.78 is 5.77. The van der Waals surface area contributed by atoms with Crippen molar-refractivity contribution in [2.45, 2.75) is 57.5 Å².